The quantitative estimate of drug-likeness (QED) is 0.801. The Kier molecular flexibility index (Phi) is 4.69. The molecule has 2 rings (SSSR count). The molecule has 20 heavy (non-hydrogen) atoms. The molecular weight excluding hydrogens is 293 g/mol. The third-order valence-corrected chi connectivity index (χ3v) is 3.81. The van der Waals surface area contributed by atoms with E-state index in [0.29, 0.717) is 22.2 Å². The minimum atomic E-state index is -0.0162. The fourth-order valence-corrected chi connectivity index (χ4v) is 2.56. The van der Waals surface area contributed by atoms with E-state index in [1.165, 1.54) is 0 Å². The van der Waals surface area contributed by atoms with E-state index < -0.39 is 0 Å². The van der Waals surface area contributed by atoms with Gasteiger partial charge in [0.05, 0.1) is 0 Å². The number of hydrogen-bond donors (Lipinski definition) is 0. The van der Waals surface area contributed by atoms with Crippen LogP contribution >= 0.6 is 23.2 Å². The largest absolute Gasteiger partial charge is 0.342 e. The maximum absolute atomic E-state index is 12.2. The smallest absolute Gasteiger partial charge is 0.253 e. The summed E-state index contributed by atoms with van der Waals surface area (Å²) in [6.45, 7) is 2.60. The number of rotatable bonds is 3. The van der Waals surface area contributed by atoms with Gasteiger partial charge in [-0.15, -0.1) is 0 Å². The van der Waals surface area contributed by atoms with E-state index in [2.05, 4.69) is 0 Å². The van der Waals surface area contributed by atoms with Crippen molar-refractivity contribution in [2.45, 2.75) is 6.92 Å². The normalized spacial score (nSPS) is 10.4. The Bertz CT molecular complexity index is 620. The molecule has 0 bridgehead atoms. The van der Waals surface area contributed by atoms with Crippen LogP contribution in [-0.4, -0.2) is 24.4 Å². The zero-order chi connectivity index (χ0) is 14.7. The SMILES string of the molecule is CCN(C)C(=O)c1cccc(-c2c(Cl)cccc2Cl)c1. The van der Waals surface area contributed by atoms with Crippen molar-refractivity contribution in [3.05, 3.63) is 58.1 Å². The number of hydrogen-bond acceptors (Lipinski definition) is 1. The molecule has 0 unspecified atom stereocenters. The summed E-state index contributed by atoms with van der Waals surface area (Å²) in [6, 6.07) is 12.7. The molecule has 0 heterocycles. The number of halogens is 2. The van der Waals surface area contributed by atoms with Crippen LogP contribution in [0.3, 0.4) is 0 Å². The second kappa shape index (κ2) is 6.29. The number of amides is 1. The molecule has 0 radical (unpaired) electrons. The van der Waals surface area contributed by atoms with Crippen LogP contribution in [0.1, 0.15) is 17.3 Å². The van der Waals surface area contributed by atoms with Crippen molar-refractivity contribution >= 4 is 29.1 Å². The first-order chi connectivity index (χ1) is 9.54. The molecule has 104 valence electrons. The lowest BCUT2D eigenvalue weighted by Gasteiger charge is -2.15. The third-order valence-electron chi connectivity index (χ3n) is 3.18. The van der Waals surface area contributed by atoms with Crippen LogP contribution < -0.4 is 0 Å². The van der Waals surface area contributed by atoms with E-state index in [0.717, 1.165) is 11.1 Å². The van der Waals surface area contributed by atoms with Gasteiger partial charge in [-0.2, -0.15) is 0 Å². The molecule has 2 aromatic rings. The number of carbonyl (C=O) groups excluding carboxylic acids is 1. The first-order valence-electron chi connectivity index (χ1n) is 6.34. The van der Waals surface area contributed by atoms with Gasteiger partial charge >= 0.3 is 0 Å². The first-order valence-corrected chi connectivity index (χ1v) is 7.10. The predicted octanol–water partition coefficient (Wildman–Crippen LogP) is 4.75. The molecule has 0 saturated carbocycles. The fraction of sp³-hybridized carbons (Fsp3) is 0.188. The molecule has 0 saturated heterocycles. The second-order valence-corrected chi connectivity index (χ2v) is 5.31. The molecule has 0 fully saturated rings. The van der Waals surface area contributed by atoms with Crippen molar-refractivity contribution in [1.29, 1.82) is 0 Å². The summed E-state index contributed by atoms with van der Waals surface area (Å²) >= 11 is 12.4. The standard InChI is InChI=1S/C16H15Cl2NO/c1-3-19(2)16(20)12-7-4-6-11(10-12)15-13(17)8-5-9-14(15)18/h4-10H,3H2,1-2H3. The number of benzene rings is 2. The Morgan fingerprint density at radius 3 is 2.30 bits per heavy atom. The molecule has 0 N–H and O–H groups in total. The van der Waals surface area contributed by atoms with Gasteiger partial charge in [-0.1, -0.05) is 41.4 Å². The highest BCUT2D eigenvalue weighted by Gasteiger charge is 2.13. The zero-order valence-corrected chi connectivity index (χ0v) is 12.9. The van der Waals surface area contributed by atoms with Crippen LogP contribution in [0.4, 0.5) is 0 Å². The van der Waals surface area contributed by atoms with Gasteiger partial charge in [-0.3, -0.25) is 4.79 Å². The highest BCUT2D eigenvalue weighted by molar-refractivity contribution is 6.39. The topological polar surface area (TPSA) is 20.3 Å². The van der Waals surface area contributed by atoms with Crippen LogP contribution in [0.2, 0.25) is 10.0 Å². The van der Waals surface area contributed by atoms with E-state index >= 15 is 0 Å². The van der Waals surface area contributed by atoms with Crippen molar-refractivity contribution in [3.63, 3.8) is 0 Å². The van der Waals surface area contributed by atoms with Gasteiger partial charge < -0.3 is 4.90 Å². The molecule has 0 aliphatic rings. The van der Waals surface area contributed by atoms with Gasteiger partial charge in [0, 0.05) is 34.8 Å². The van der Waals surface area contributed by atoms with Gasteiger partial charge in [0.15, 0.2) is 0 Å². The Balaban J connectivity index is 2.48. The van der Waals surface area contributed by atoms with Crippen molar-refractivity contribution in [2.24, 2.45) is 0 Å². The highest BCUT2D eigenvalue weighted by atomic mass is 35.5. The lowest BCUT2D eigenvalue weighted by molar-refractivity contribution is 0.0802. The van der Waals surface area contributed by atoms with Crippen LogP contribution in [0.25, 0.3) is 11.1 Å². The minimum absolute atomic E-state index is 0.0162. The van der Waals surface area contributed by atoms with Crippen molar-refractivity contribution < 1.29 is 4.79 Å². The molecule has 2 nitrogen and oxygen atoms in total. The molecule has 0 atom stereocenters. The second-order valence-electron chi connectivity index (χ2n) is 4.50. The summed E-state index contributed by atoms with van der Waals surface area (Å²) < 4.78 is 0. The van der Waals surface area contributed by atoms with Gasteiger partial charge in [0.25, 0.3) is 5.91 Å². The average molecular weight is 308 g/mol. The summed E-state index contributed by atoms with van der Waals surface area (Å²) in [5.41, 5.74) is 2.23. The highest BCUT2D eigenvalue weighted by Crippen LogP contribution is 2.34. The summed E-state index contributed by atoms with van der Waals surface area (Å²) in [5, 5.41) is 1.15. The Morgan fingerprint density at radius 1 is 1.10 bits per heavy atom. The molecule has 4 heteroatoms. The molecule has 0 aliphatic heterocycles. The number of carbonyl (C=O) groups is 1. The lowest BCUT2D eigenvalue weighted by Crippen LogP contribution is -2.26. The third kappa shape index (κ3) is 2.97. The Labute approximate surface area is 128 Å². The van der Waals surface area contributed by atoms with Gasteiger partial charge in [0.1, 0.15) is 0 Å². The molecule has 1 amide bonds. The Hall–Kier alpha value is -1.51. The summed E-state index contributed by atoms with van der Waals surface area (Å²) in [5.74, 6) is -0.0162. The maximum Gasteiger partial charge on any atom is 0.253 e. The first kappa shape index (κ1) is 14.9. The van der Waals surface area contributed by atoms with E-state index in [4.69, 9.17) is 23.2 Å². The van der Waals surface area contributed by atoms with Gasteiger partial charge in [-0.25, -0.2) is 0 Å². The van der Waals surface area contributed by atoms with Crippen LogP contribution in [0.15, 0.2) is 42.5 Å². The Morgan fingerprint density at radius 2 is 1.70 bits per heavy atom. The lowest BCUT2D eigenvalue weighted by atomic mass is 10.0. The predicted molar refractivity (Wildman–Crippen MR) is 84.5 cm³/mol. The summed E-state index contributed by atoms with van der Waals surface area (Å²) in [4.78, 5) is 13.8. The zero-order valence-electron chi connectivity index (χ0n) is 11.4. The van der Waals surface area contributed by atoms with E-state index in [1.807, 2.05) is 25.1 Å². The maximum atomic E-state index is 12.2. The van der Waals surface area contributed by atoms with Crippen molar-refractivity contribution in [2.75, 3.05) is 13.6 Å². The molecule has 0 spiro atoms. The van der Waals surface area contributed by atoms with E-state index in [1.54, 1.807) is 36.2 Å². The van der Waals surface area contributed by atoms with E-state index in [-0.39, 0.29) is 5.91 Å². The van der Waals surface area contributed by atoms with Gasteiger partial charge in [-0.05, 0) is 36.8 Å². The molecule has 0 aromatic heterocycles. The van der Waals surface area contributed by atoms with Gasteiger partial charge in [0.2, 0.25) is 0 Å². The number of nitrogens with zero attached hydrogens (tertiary/aromatic N) is 1. The summed E-state index contributed by atoms with van der Waals surface area (Å²) in [7, 11) is 1.78. The monoisotopic (exact) mass is 307 g/mol. The van der Waals surface area contributed by atoms with Crippen molar-refractivity contribution in [3.8, 4) is 11.1 Å². The van der Waals surface area contributed by atoms with Crippen LogP contribution in [0, 0.1) is 0 Å². The fourth-order valence-electron chi connectivity index (χ4n) is 1.95. The van der Waals surface area contributed by atoms with Crippen LogP contribution in [0.5, 0.6) is 0 Å². The minimum Gasteiger partial charge on any atom is -0.342 e. The molecule has 2 aromatic carbocycles. The molecule has 0 aliphatic carbocycles. The van der Waals surface area contributed by atoms with Crippen molar-refractivity contribution in [1.82, 2.24) is 4.90 Å². The summed E-state index contributed by atoms with van der Waals surface area (Å²) in [6.07, 6.45) is 0. The molecular formula is C16H15Cl2NO. The van der Waals surface area contributed by atoms with Crippen LogP contribution in [-0.2, 0) is 0 Å². The average Bonchev–Trinajstić information content (AvgIpc) is 2.46. The van der Waals surface area contributed by atoms with E-state index in [9.17, 15) is 4.79 Å².